The van der Waals surface area contributed by atoms with E-state index in [0.717, 1.165) is 17.7 Å². The van der Waals surface area contributed by atoms with Crippen LogP contribution in [0, 0.1) is 5.92 Å². The van der Waals surface area contributed by atoms with Crippen molar-refractivity contribution in [1.82, 2.24) is 4.98 Å². The number of hydrogen-bond acceptors (Lipinski definition) is 3. The molecule has 1 heterocycles. The van der Waals surface area contributed by atoms with Gasteiger partial charge in [0.15, 0.2) is 5.13 Å². The van der Waals surface area contributed by atoms with Gasteiger partial charge in [0.25, 0.3) is 0 Å². The molecular formula is C19H15ClN2OS. The summed E-state index contributed by atoms with van der Waals surface area (Å²) < 4.78 is 0. The summed E-state index contributed by atoms with van der Waals surface area (Å²) in [7, 11) is 0. The lowest BCUT2D eigenvalue weighted by molar-refractivity contribution is -0.117. The van der Waals surface area contributed by atoms with Crippen molar-refractivity contribution in [3.05, 3.63) is 70.6 Å². The molecule has 0 bridgehead atoms. The molecule has 1 aliphatic carbocycles. The van der Waals surface area contributed by atoms with E-state index in [9.17, 15) is 4.79 Å². The van der Waals surface area contributed by atoms with Crippen molar-refractivity contribution in [2.45, 2.75) is 12.3 Å². The highest BCUT2D eigenvalue weighted by Crippen LogP contribution is 2.48. The average molecular weight is 355 g/mol. The predicted molar refractivity (Wildman–Crippen MR) is 98.5 cm³/mol. The molecule has 4 rings (SSSR count). The summed E-state index contributed by atoms with van der Waals surface area (Å²) in [5.41, 5.74) is 3.07. The fourth-order valence-corrected chi connectivity index (χ4v) is 3.68. The van der Waals surface area contributed by atoms with Gasteiger partial charge >= 0.3 is 0 Å². The summed E-state index contributed by atoms with van der Waals surface area (Å²) in [5, 5.41) is 6.23. The van der Waals surface area contributed by atoms with Gasteiger partial charge in [-0.15, -0.1) is 11.3 Å². The van der Waals surface area contributed by atoms with Crippen molar-refractivity contribution in [2.24, 2.45) is 5.92 Å². The maximum Gasteiger partial charge on any atom is 0.229 e. The number of hydrogen-bond donors (Lipinski definition) is 1. The molecule has 1 fully saturated rings. The Bertz CT molecular complexity index is 861. The number of carbonyl (C=O) groups is 1. The third kappa shape index (κ3) is 3.21. The highest BCUT2D eigenvalue weighted by Gasteiger charge is 2.44. The fraction of sp³-hybridized carbons (Fsp3) is 0.158. The van der Waals surface area contributed by atoms with E-state index in [0.29, 0.717) is 16.1 Å². The zero-order chi connectivity index (χ0) is 16.5. The van der Waals surface area contributed by atoms with Crippen molar-refractivity contribution >= 4 is 34.0 Å². The van der Waals surface area contributed by atoms with Gasteiger partial charge in [-0.2, -0.15) is 0 Å². The first kappa shape index (κ1) is 15.4. The lowest BCUT2D eigenvalue weighted by atomic mass is 10.1. The molecule has 1 aliphatic rings. The molecule has 24 heavy (non-hydrogen) atoms. The molecule has 0 radical (unpaired) electrons. The number of thiazole rings is 1. The minimum Gasteiger partial charge on any atom is -0.302 e. The van der Waals surface area contributed by atoms with E-state index in [1.807, 2.05) is 47.8 Å². The van der Waals surface area contributed by atoms with E-state index in [1.165, 1.54) is 16.9 Å². The van der Waals surface area contributed by atoms with Gasteiger partial charge in [-0.1, -0.05) is 54.1 Å². The Morgan fingerprint density at radius 3 is 2.62 bits per heavy atom. The molecule has 120 valence electrons. The topological polar surface area (TPSA) is 42.0 Å². The fourth-order valence-electron chi connectivity index (χ4n) is 2.84. The molecule has 0 saturated heterocycles. The highest BCUT2D eigenvalue weighted by atomic mass is 35.5. The summed E-state index contributed by atoms with van der Waals surface area (Å²) in [6.07, 6.45) is 0.908. The van der Waals surface area contributed by atoms with Crippen LogP contribution in [-0.2, 0) is 4.79 Å². The number of rotatable bonds is 4. The zero-order valence-electron chi connectivity index (χ0n) is 12.8. The van der Waals surface area contributed by atoms with Crippen LogP contribution in [0.15, 0.2) is 60.0 Å². The number of benzene rings is 2. The summed E-state index contributed by atoms with van der Waals surface area (Å²) >= 11 is 7.35. The first-order valence-corrected chi connectivity index (χ1v) is 9.04. The smallest absolute Gasteiger partial charge is 0.229 e. The molecule has 3 nitrogen and oxygen atoms in total. The van der Waals surface area contributed by atoms with E-state index in [2.05, 4.69) is 22.4 Å². The molecule has 2 atom stereocenters. The van der Waals surface area contributed by atoms with E-state index in [1.54, 1.807) is 0 Å². The van der Waals surface area contributed by atoms with Crippen molar-refractivity contribution in [3.63, 3.8) is 0 Å². The Balaban J connectivity index is 1.41. The first-order chi connectivity index (χ1) is 11.7. The van der Waals surface area contributed by atoms with Crippen LogP contribution in [0.5, 0.6) is 0 Å². The third-order valence-electron chi connectivity index (χ3n) is 4.23. The molecule has 1 amide bonds. The number of halogens is 1. The van der Waals surface area contributed by atoms with Crippen molar-refractivity contribution < 1.29 is 4.79 Å². The van der Waals surface area contributed by atoms with Gasteiger partial charge in [0.1, 0.15) is 0 Å². The molecule has 1 N–H and O–H groups in total. The third-order valence-corrected chi connectivity index (χ3v) is 5.24. The van der Waals surface area contributed by atoms with Gasteiger partial charge in [0.2, 0.25) is 5.91 Å². The summed E-state index contributed by atoms with van der Waals surface area (Å²) in [4.78, 5) is 16.9. The van der Waals surface area contributed by atoms with Gasteiger partial charge in [0.05, 0.1) is 5.69 Å². The van der Waals surface area contributed by atoms with Crippen LogP contribution < -0.4 is 5.32 Å². The normalized spacial score (nSPS) is 19.0. The van der Waals surface area contributed by atoms with Crippen LogP contribution in [0.4, 0.5) is 5.13 Å². The van der Waals surface area contributed by atoms with Gasteiger partial charge in [-0.25, -0.2) is 4.98 Å². The van der Waals surface area contributed by atoms with Gasteiger partial charge in [-0.3, -0.25) is 4.79 Å². The Kier molecular flexibility index (Phi) is 4.08. The molecular weight excluding hydrogens is 340 g/mol. The molecule has 0 aliphatic heterocycles. The second kappa shape index (κ2) is 6.38. The Hall–Kier alpha value is -2.17. The molecule has 5 heteroatoms. The minimum absolute atomic E-state index is 0.0512. The van der Waals surface area contributed by atoms with Crippen molar-refractivity contribution in [1.29, 1.82) is 0 Å². The Labute approximate surface area is 149 Å². The maximum absolute atomic E-state index is 12.4. The largest absolute Gasteiger partial charge is 0.302 e. The molecule has 1 aromatic heterocycles. The lowest BCUT2D eigenvalue weighted by Gasteiger charge is -2.01. The Morgan fingerprint density at radius 1 is 1.12 bits per heavy atom. The van der Waals surface area contributed by atoms with Crippen LogP contribution in [0.2, 0.25) is 5.02 Å². The van der Waals surface area contributed by atoms with Crippen LogP contribution in [0.3, 0.4) is 0 Å². The quantitative estimate of drug-likeness (QED) is 0.699. The van der Waals surface area contributed by atoms with Crippen molar-refractivity contribution in [2.75, 3.05) is 5.32 Å². The van der Waals surface area contributed by atoms with Crippen LogP contribution in [0.1, 0.15) is 17.9 Å². The SMILES string of the molecule is O=C(Nc1nc(-c2ccc(Cl)cc2)cs1)[C@H]1C[C@@H]1c1ccccc1. The molecule has 0 unspecified atom stereocenters. The molecule has 3 aromatic rings. The molecule has 1 saturated carbocycles. The number of aromatic nitrogens is 1. The lowest BCUT2D eigenvalue weighted by Crippen LogP contribution is -2.14. The monoisotopic (exact) mass is 354 g/mol. The summed E-state index contributed by atoms with van der Waals surface area (Å²) in [5.74, 6) is 0.443. The molecule has 2 aromatic carbocycles. The summed E-state index contributed by atoms with van der Waals surface area (Å²) in [6.45, 7) is 0. The number of nitrogens with zero attached hydrogens (tertiary/aromatic N) is 1. The number of nitrogens with one attached hydrogen (secondary N) is 1. The minimum atomic E-state index is 0.0512. The van der Waals surface area contributed by atoms with E-state index in [4.69, 9.17) is 11.6 Å². The van der Waals surface area contributed by atoms with Crippen LogP contribution in [-0.4, -0.2) is 10.9 Å². The number of carbonyl (C=O) groups excluding carboxylic acids is 1. The summed E-state index contributed by atoms with van der Waals surface area (Å²) in [6, 6.07) is 17.7. The van der Waals surface area contributed by atoms with Crippen molar-refractivity contribution in [3.8, 4) is 11.3 Å². The van der Waals surface area contributed by atoms with Crippen LogP contribution in [0.25, 0.3) is 11.3 Å². The van der Waals surface area contributed by atoms with E-state index in [-0.39, 0.29) is 11.8 Å². The Morgan fingerprint density at radius 2 is 1.88 bits per heavy atom. The van der Waals surface area contributed by atoms with Gasteiger partial charge in [0, 0.05) is 21.9 Å². The second-order valence-electron chi connectivity index (χ2n) is 5.89. The first-order valence-electron chi connectivity index (χ1n) is 7.78. The van der Waals surface area contributed by atoms with E-state index >= 15 is 0 Å². The highest BCUT2D eigenvalue weighted by molar-refractivity contribution is 7.14. The number of amides is 1. The van der Waals surface area contributed by atoms with Crippen LogP contribution >= 0.6 is 22.9 Å². The van der Waals surface area contributed by atoms with Gasteiger partial charge < -0.3 is 5.32 Å². The zero-order valence-corrected chi connectivity index (χ0v) is 14.3. The van der Waals surface area contributed by atoms with E-state index < -0.39 is 0 Å². The maximum atomic E-state index is 12.4. The average Bonchev–Trinajstić information content (AvgIpc) is 3.29. The standard InChI is InChI=1S/C19H15ClN2OS/c20-14-8-6-13(7-9-14)17-11-24-19(21-17)22-18(23)16-10-15(16)12-4-2-1-3-5-12/h1-9,11,15-16H,10H2,(H,21,22,23)/t15-,16+/m1/s1. The second-order valence-corrected chi connectivity index (χ2v) is 7.19. The van der Waals surface area contributed by atoms with Gasteiger partial charge in [-0.05, 0) is 30.0 Å². The number of anilines is 1. The predicted octanol–water partition coefficient (Wildman–Crippen LogP) is 5.21. The molecule has 0 spiro atoms.